The van der Waals surface area contributed by atoms with Crippen LogP contribution in [0.5, 0.6) is 5.75 Å². The molecule has 0 saturated carbocycles. The van der Waals surface area contributed by atoms with E-state index in [0.29, 0.717) is 6.61 Å². The van der Waals surface area contributed by atoms with Crippen LogP contribution in [-0.4, -0.2) is 17.5 Å². The number of ether oxygens (including phenoxy) is 2. The van der Waals surface area contributed by atoms with E-state index in [9.17, 15) is 0 Å². The van der Waals surface area contributed by atoms with Gasteiger partial charge in [-0.15, -0.1) is 0 Å². The maximum Gasteiger partial charge on any atom is 0.205 e. The summed E-state index contributed by atoms with van der Waals surface area (Å²) < 4.78 is 11.4. The molecule has 0 aliphatic carbocycles. The predicted molar refractivity (Wildman–Crippen MR) is 61.3 cm³/mol. The van der Waals surface area contributed by atoms with Gasteiger partial charge in [0.15, 0.2) is 0 Å². The Hall–Kier alpha value is -1.06. The molecule has 0 bridgehead atoms. The molecule has 1 heterocycles. The van der Waals surface area contributed by atoms with Crippen LogP contribution >= 0.6 is 0 Å². The first-order chi connectivity index (χ1) is 7.62. The highest BCUT2D eigenvalue weighted by atomic mass is 16.7. The zero-order valence-electron chi connectivity index (χ0n) is 9.82. The summed E-state index contributed by atoms with van der Waals surface area (Å²) in [5, 5.41) is 8.85. The molecule has 0 saturated heterocycles. The Labute approximate surface area is 96.0 Å². The van der Waals surface area contributed by atoms with Gasteiger partial charge in [-0.2, -0.15) is 0 Å². The van der Waals surface area contributed by atoms with Crippen molar-refractivity contribution in [2.24, 2.45) is 0 Å². The van der Waals surface area contributed by atoms with Crippen molar-refractivity contribution in [3.05, 3.63) is 29.3 Å². The number of fused-ring (bicyclic) bond motifs is 1. The van der Waals surface area contributed by atoms with Crippen LogP contribution in [0.1, 0.15) is 31.4 Å². The molecule has 88 valence electrons. The van der Waals surface area contributed by atoms with Crippen LogP contribution in [0.4, 0.5) is 0 Å². The average molecular weight is 222 g/mol. The van der Waals surface area contributed by atoms with E-state index < -0.39 is 5.79 Å². The molecule has 0 unspecified atom stereocenters. The van der Waals surface area contributed by atoms with Crippen molar-refractivity contribution in [2.45, 2.75) is 39.1 Å². The highest BCUT2D eigenvalue weighted by Gasteiger charge is 2.28. The molecule has 1 aromatic carbocycles. The molecule has 16 heavy (non-hydrogen) atoms. The van der Waals surface area contributed by atoms with Crippen molar-refractivity contribution in [1.29, 1.82) is 0 Å². The summed E-state index contributed by atoms with van der Waals surface area (Å²) in [6.45, 7) is 4.63. The number of rotatable bonds is 3. The van der Waals surface area contributed by atoms with Crippen molar-refractivity contribution in [3.63, 3.8) is 0 Å². The van der Waals surface area contributed by atoms with Crippen LogP contribution in [0.25, 0.3) is 0 Å². The molecule has 0 aromatic heterocycles. The Morgan fingerprint density at radius 2 is 2.19 bits per heavy atom. The molecule has 0 radical (unpaired) electrons. The summed E-state index contributed by atoms with van der Waals surface area (Å²) in [6, 6.07) is 6.04. The number of benzene rings is 1. The highest BCUT2D eigenvalue weighted by molar-refractivity contribution is 5.41. The van der Waals surface area contributed by atoms with Gasteiger partial charge in [0.05, 0.1) is 6.61 Å². The molecule has 1 aliphatic rings. The zero-order chi connectivity index (χ0) is 11.6. The van der Waals surface area contributed by atoms with Gasteiger partial charge in [0, 0.05) is 26.0 Å². The number of aryl methyl sites for hydroxylation is 1. The van der Waals surface area contributed by atoms with Crippen LogP contribution in [0, 0.1) is 0 Å². The SMILES string of the molecule is CC1(C)OCc2c(CCCO)cccc2O1. The van der Waals surface area contributed by atoms with E-state index in [1.54, 1.807) is 0 Å². The minimum atomic E-state index is -0.539. The van der Waals surface area contributed by atoms with Crippen LogP contribution in [-0.2, 0) is 17.8 Å². The number of aliphatic hydroxyl groups is 1. The van der Waals surface area contributed by atoms with E-state index in [2.05, 4.69) is 6.07 Å². The summed E-state index contributed by atoms with van der Waals surface area (Å²) in [6.07, 6.45) is 1.65. The van der Waals surface area contributed by atoms with Crippen LogP contribution < -0.4 is 4.74 Å². The minimum absolute atomic E-state index is 0.219. The first-order valence-corrected chi connectivity index (χ1v) is 5.67. The van der Waals surface area contributed by atoms with Crippen LogP contribution in [0.2, 0.25) is 0 Å². The van der Waals surface area contributed by atoms with Gasteiger partial charge >= 0.3 is 0 Å². The van der Waals surface area contributed by atoms with E-state index in [4.69, 9.17) is 14.6 Å². The molecule has 2 rings (SSSR count). The molecule has 0 spiro atoms. The monoisotopic (exact) mass is 222 g/mol. The van der Waals surface area contributed by atoms with Crippen molar-refractivity contribution < 1.29 is 14.6 Å². The molecule has 3 nitrogen and oxygen atoms in total. The van der Waals surface area contributed by atoms with E-state index in [1.807, 2.05) is 26.0 Å². The van der Waals surface area contributed by atoms with Gasteiger partial charge in [-0.25, -0.2) is 0 Å². The maximum absolute atomic E-state index is 8.85. The Morgan fingerprint density at radius 3 is 2.94 bits per heavy atom. The topological polar surface area (TPSA) is 38.7 Å². The Kier molecular flexibility index (Phi) is 3.17. The third kappa shape index (κ3) is 2.36. The zero-order valence-corrected chi connectivity index (χ0v) is 9.82. The van der Waals surface area contributed by atoms with Gasteiger partial charge in [-0.05, 0) is 24.5 Å². The lowest BCUT2D eigenvalue weighted by Crippen LogP contribution is -2.35. The van der Waals surface area contributed by atoms with Crippen molar-refractivity contribution >= 4 is 0 Å². The lowest BCUT2D eigenvalue weighted by molar-refractivity contribution is -0.180. The van der Waals surface area contributed by atoms with E-state index >= 15 is 0 Å². The Bertz CT molecular complexity index is 371. The largest absolute Gasteiger partial charge is 0.463 e. The first-order valence-electron chi connectivity index (χ1n) is 5.67. The summed E-state index contributed by atoms with van der Waals surface area (Å²) >= 11 is 0. The third-order valence-electron chi connectivity index (χ3n) is 2.75. The molecule has 0 fully saturated rings. The van der Waals surface area contributed by atoms with Gasteiger partial charge in [0.1, 0.15) is 5.75 Å². The molecule has 0 atom stereocenters. The van der Waals surface area contributed by atoms with Crippen molar-refractivity contribution in [2.75, 3.05) is 6.61 Å². The number of hydrogen-bond acceptors (Lipinski definition) is 3. The van der Waals surface area contributed by atoms with Gasteiger partial charge in [0.2, 0.25) is 5.79 Å². The van der Waals surface area contributed by atoms with Gasteiger partial charge < -0.3 is 14.6 Å². The average Bonchev–Trinajstić information content (AvgIpc) is 2.24. The van der Waals surface area contributed by atoms with Crippen LogP contribution in [0.3, 0.4) is 0 Å². The van der Waals surface area contributed by atoms with Crippen molar-refractivity contribution in [3.8, 4) is 5.75 Å². The molecule has 1 aromatic rings. The second kappa shape index (κ2) is 4.44. The van der Waals surface area contributed by atoms with Gasteiger partial charge in [-0.1, -0.05) is 12.1 Å². The fraction of sp³-hybridized carbons (Fsp3) is 0.538. The van der Waals surface area contributed by atoms with Gasteiger partial charge in [0.25, 0.3) is 0 Å². The van der Waals surface area contributed by atoms with Crippen molar-refractivity contribution in [1.82, 2.24) is 0 Å². The Balaban J connectivity index is 2.24. The summed E-state index contributed by atoms with van der Waals surface area (Å²) in [5.74, 6) is 0.370. The minimum Gasteiger partial charge on any atom is -0.463 e. The quantitative estimate of drug-likeness (QED) is 0.852. The lowest BCUT2D eigenvalue weighted by Gasteiger charge is -2.33. The predicted octanol–water partition coefficient (Wildman–Crippen LogP) is 2.26. The van der Waals surface area contributed by atoms with E-state index in [1.165, 1.54) is 5.56 Å². The fourth-order valence-electron chi connectivity index (χ4n) is 1.91. The maximum atomic E-state index is 8.85. The third-order valence-corrected chi connectivity index (χ3v) is 2.75. The lowest BCUT2D eigenvalue weighted by atomic mass is 10.0. The van der Waals surface area contributed by atoms with E-state index in [0.717, 1.165) is 24.2 Å². The second-order valence-corrected chi connectivity index (χ2v) is 4.51. The first kappa shape index (κ1) is 11.4. The summed E-state index contributed by atoms with van der Waals surface area (Å²) in [7, 11) is 0. The molecule has 3 heteroatoms. The molecular weight excluding hydrogens is 204 g/mol. The number of hydrogen-bond donors (Lipinski definition) is 1. The normalized spacial score (nSPS) is 17.7. The van der Waals surface area contributed by atoms with E-state index in [-0.39, 0.29) is 6.61 Å². The number of aliphatic hydroxyl groups excluding tert-OH is 1. The van der Waals surface area contributed by atoms with Gasteiger partial charge in [-0.3, -0.25) is 0 Å². The smallest absolute Gasteiger partial charge is 0.205 e. The molecule has 1 aliphatic heterocycles. The molecule has 1 N–H and O–H groups in total. The standard InChI is InChI=1S/C13H18O3/c1-13(2)15-9-11-10(6-4-8-14)5-3-7-12(11)16-13/h3,5,7,14H,4,6,8-9H2,1-2H3. The Morgan fingerprint density at radius 1 is 1.38 bits per heavy atom. The fourth-order valence-corrected chi connectivity index (χ4v) is 1.91. The van der Waals surface area contributed by atoms with Crippen LogP contribution in [0.15, 0.2) is 18.2 Å². The molecule has 0 amide bonds. The highest BCUT2D eigenvalue weighted by Crippen LogP contribution is 2.33. The summed E-state index contributed by atoms with van der Waals surface area (Å²) in [5.41, 5.74) is 2.33. The summed E-state index contributed by atoms with van der Waals surface area (Å²) in [4.78, 5) is 0. The second-order valence-electron chi connectivity index (χ2n) is 4.51. The molecular formula is C13H18O3.